The Morgan fingerprint density at radius 1 is 1.18 bits per heavy atom. The molecule has 0 bridgehead atoms. The van der Waals surface area contributed by atoms with E-state index >= 15 is 0 Å². The molecule has 146 valence electrons. The van der Waals surface area contributed by atoms with Gasteiger partial charge in [-0.05, 0) is 43.7 Å². The fourth-order valence-corrected chi connectivity index (χ4v) is 5.02. The van der Waals surface area contributed by atoms with Crippen LogP contribution in [-0.4, -0.2) is 40.4 Å². The topological polar surface area (TPSA) is 42.7 Å². The van der Waals surface area contributed by atoms with E-state index in [2.05, 4.69) is 16.9 Å². The van der Waals surface area contributed by atoms with Crippen LogP contribution in [0.4, 0.5) is 5.82 Å². The monoisotopic (exact) mass is 416 g/mol. The number of anilines is 1. The normalized spacial score (nSPS) is 21.7. The molecule has 5 nitrogen and oxygen atoms in total. The van der Waals surface area contributed by atoms with Crippen molar-refractivity contribution in [2.24, 2.45) is 5.41 Å². The van der Waals surface area contributed by atoms with E-state index in [9.17, 15) is 0 Å². The highest BCUT2D eigenvalue weighted by Gasteiger charge is 2.41. The first-order chi connectivity index (χ1) is 13.6. The zero-order chi connectivity index (χ0) is 19.3. The molecule has 1 spiro atoms. The molecule has 1 atom stereocenters. The van der Waals surface area contributed by atoms with Crippen molar-refractivity contribution in [1.29, 1.82) is 0 Å². The standard InChI is InChI=1S/C21H22Cl2N4O/c1-14-11-21(13-28-14)6-9-26(10-7-21)20-17-5-8-25-27(17)18(12-24-20)15-3-2-4-16(22)19(15)23/h2-5,8,12,14H,6-7,9-11,13H2,1H3/t14-/m0/s1. The fraction of sp³-hybridized carbons (Fsp3) is 0.429. The van der Waals surface area contributed by atoms with E-state index in [-0.39, 0.29) is 0 Å². The lowest BCUT2D eigenvalue weighted by atomic mass is 9.77. The highest BCUT2D eigenvalue weighted by molar-refractivity contribution is 6.43. The highest BCUT2D eigenvalue weighted by atomic mass is 35.5. The second kappa shape index (κ2) is 6.90. The summed E-state index contributed by atoms with van der Waals surface area (Å²) < 4.78 is 7.77. The number of hydrogen-bond donors (Lipinski definition) is 0. The molecule has 2 aliphatic heterocycles. The summed E-state index contributed by atoms with van der Waals surface area (Å²) in [7, 11) is 0. The summed E-state index contributed by atoms with van der Waals surface area (Å²) in [4.78, 5) is 7.18. The first kappa shape index (κ1) is 18.2. The van der Waals surface area contributed by atoms with Gasteiger partial charge in [-0.3, -0.25) is 0 Å². The third kappa shape index (κ3) is 2.97. The first-order valence-corrected chi connectivity index (χ1v) is 10.5. The molecule has 0 aliphatic carbocycles. The van der Waals surface area contributed by atoms with E-state index in [4.69, 9.17) is 32.9 Å². The van der Waals surface area contributed by atoms with Crippen LogP contribution >= 0.6 is 23.2 Å². The lowest BCUT2D eigenvalue weighted by Gasteiger charge is -2.39. The molecule has 7 heteroatoms. The number of nitrogens with zero attached hydrogens (tertiary/aromatic N) is 4. The van der Waals surface area contributed by atoms with Gasteiger partial charge in [0.05, 0.1) is 40.8 Å². The van der Waals surface area contributed by atoms with Crippen LogP contribution < -0.4 is 4.90 Å². The van der Waals surface area contributed by atoms with Gasteiger partial charge in [-0.15, -0.1) is 0 Å². The van der Waals surface area contributed by atoms with E-state index in [1.165, 1.54) is 6.42 Å². The molecule has 28 heavy (non-hydrogen) atoms. The molecule has 2 fully saturated rings. The van der Waals surface area contributed by atoms with Crippen LogP contribution in [0.2, 0.25) is 10.0 Å². The number of piperidine rings is 1. The van der Waals surface area contributed by atoms with Crippen molar-refractivity contribution >= 4 is 34.5 Å². The zero-order valence-electron chi connectivity index (χ0n) is 15.7. The third-order valence-corrected chi connectivity index (χ3v) is 6.97. The Labute approximate surface area is 174 Å². The minimum atomic E-state index is 0.348. The van der Waals surface area contributed by atoms with Crippen molar-refractivity contribution in [3.05, 3.63) is 46.7 Å². The predicted molar refractivity (Wildman–Crippen MR) is 112 cm³/mol. The molecular weight excluding hydrogens is 395 g/mol. The first-order valence-electron chi connectivity index (χ1n) is 9.70. The molecule has 4 heterocycles. The SMILES string of the molecule is C[C@H]1CC2(CCN(c3ncc(-c4cccc(Cl)c4Cl)n4nccc34)CC2)CO1. The van der Waals surface area contributed by atoms with Crippen LogP contribution in [-0.2, 0) is 4.74 Å². The van der Waals surface area contributed by atoms with Gasteiger partial charge >= 0.3 is 0 Å². The van der Waals surface area contributed by atoms with Crippen LogP contribution in [0, 0.1) is 5.41 Å². The maximum absolute atomic E-state index is 6.44. The summed E-state index contributed by atoms with van der Waals surface area (Å²) in [6.45, 7) is 5.05. The lowest BCUT2D eigenvalue weighted by molar-refractivity contribution is 0.0976. The molecule has 0 amide bonds. The smallest absolute Gasteiger partial charge is 0.154 e. The molecular formula is C21H22Cl2N4O. The van der Waals surface area contributed by atoms with Gasteiger partial charge in [0.15, 0.2) is 5.82 Å². The second-order valence-electron chi connectivity index (χ2n) is 8.01. The van der Waals surface area contributed by atoms with Gasteiger partial charge in [0, 0.05) is 18.7 Å². The molecule has 0 radical (unpaired) electrons. The maximum atomic E-state index is 6.44. The fourth-order valence-electron chi connectivity index (χ4n) is 4.62. The number of fused-ring (bicyclic) bond motifs is 1. The van der Waals surface area contributed by atoms with E-state index in [1.807, 2.05) is 28.9 Å². The Morgan fingerprint density at radius 2 is 2.00 bits per heavy atom. The number of ether oxygens (including phenoxy) is 1. The van der Waals surface area contributed by atoms with Gasteiger partial charge in [0.25, 0.3) is 0 Å². The van der Waals surface area contributed by atoms with Crippen LogP contribution in [0.3, 0.4) is 0 Å². The van der Waals surface area contributed by atoms with Crippen LogP contribution in [0.1, 0.15) is 26.2 Å². The molecule has 2 saturated heterocycles. The molecule has 0 saturated carbocycles. The van der Waals surface area contributed by atoms with Crippen molar-refractivity contribution in [2.75, 3.05) is 24.6 Å². The van der Waals surface area contributed by atoms with Gasteiger partial charge in [0.2, 0.25) is 0 Å². The van der Waals surface area contributed by atoms with E-state index in [0.29, 0.717) is 21.6 Å². The Hall–Kier alpha value is -1.82. The number of halogens is 2. The molecule has 1 aromatic carbocycles. The summed E-state index contributed by atoms with van der Waals surface area (Å²) in [5.41, 5.74) is 3.00. The lowest BCUT2D eigenvalue weighted by Crippen LogP contribution is -2.41. The molecule has 3 aromatic rings. The average molecular weight is 417 g/mol. The van der Waals surface area contributed by atoms with Crippen molar-refractivity contribution in [2.45, 2.75) is 32.3 Å². The number of hydrogen-bond acceptors (Lipinski definition) is 4. The van der Waals surface area contributed by atoms with Crippen molar-refractivity contribution in [3.63, 3.8) is 0 Å². The largest absolute Gasteiger partial charge is 0.378 e. The summed E-state index contributed by atoms with van der Waals surface area (Å²) >= 11 is 12.7. The van der Waals surface area contributed by atoms with Crippen molar-refractivity contribution in [1.82, 2.24) is 14.6 Å². The molecule has 0 unspecified atom stereocenters. The minimum absolute atomic E-state index is 0.348. The van der Waals surface area contributed by atoms with Gasteiger partial charge in [0.1, 0.15) is 5.52 Å². The molecule has 2 aliphatic rings. The maximum Gasteiger partial charge on any atom is 0.154 e. The summed E-state index contributed by atoms with van der Waals surface area (Å²) in [6.07, 6.45) is 7.48. The van der Waals surface area contributed by atoms with Crippen molar-refractivity contribution < 1.29 is 4.74 Å². The minimum Gasteiger partial charge on any atom is -0.378 e. The Bertz CT molecular complexity index is 1030. The van der Waals surface area contributed by atoms with Crippen LogP contribution in [0.15, 0.2) is 36.7 Å². The number of aromatic nitrogens is 3. The number of rotatable bonds is 2. The highest BCUT2D eigenvalue weighted by Crippen LogP contribution is 2.43. The van der Waals surface area contributed by atoms with Gasteiger partial charge < -0.3 is 9.64 Å². The molecule has 0 N–H and O–H groups in total. The van der Waals surface area contributed by atoms with Crippen LogP contribution in [0.5, 0.6) is 0 Å². The quantitative estimate of drug-likeness (QED) is 0.582. The van der Waals surface area contributed by atoms with Crippen molar-refractivity contribution in [3.8, 4) is 11.3 Å². The van der Waals surface area contributed by atoms with Gasteiger partial charge in [-0.1, -0.05) is 35.3 Å². The van der Waals surface area contributed by atoms with E-state index in [1.54, 1.807) is 12.3 Å². The van der Waals surface area contributed by atoms with Crippen LogP contribution in [0.25, 0.3) is 16.8 Å². The average Bonchev–Trinajstić information content (AvgIpc) is 3.32. The van der Waals surface area contributed by atoms with E-state index < -0.39 is 0 Å². The predicted octanol–water partition coefficient (Wildman–Crippen LogP) is 5.10. The zero-order valence-corrected chi connectivity index (χ0v) is 17.2. The third-order valence-electron chi connectivity index (χ3n) is 6.15. The Kier molecular flexibility index (Phi) is 4.49. The summed E-state index contributed by atoms with van der Waals surface area (Å²) in [5.74, 6) is 0.973. The Morgan fingerprint density at radius 3 is 2.75 bits per heavy atom. The van der Waals surface area contributed by atoms with E-state index in [0.717, 1.165) is 55.1 Å². The Balaban J connectivity index is 1.48. The summed E-state index contributed by atoms with van der Waals surface area (Å²) in [5, 5.41) is 5.58. The molecule has 5 rings (SSSR count). The second-order valence-corrected chi connectivity index (χ2v) is 8.79. The van der Waals surface area contributed by atoms with Gasteiger partial charge in [-0.2, -0.15) is 5.10 Å². The molecule has 2 aromatic heterocycles. The summed E-state index contributed by atoms with van der Waals surface area (Å²) in [6, 6.07) is 7.63. The van der Waals surface area contributed by atoms with Gasteiger partial charge in [-0.25, -0.2) is 9.50 Å². The number of benzene rings is 1.